The Hall–Kier alpha value is -1.03. The van der Waals surface area contributed by atoms with Crippen LogP contribution in [0, 0.1) is 0 Å². The van der Waals surface area contributed by atoms with Gasteiger partial charge in [0.05, 0.1) is 0 Å². The molecular formula is C16H25BrN2O. The molecule has 0 saturated carbocycles. The zero-order valence-electron chi connectivity index (χ0n) is 12.4. The van der Waals surface area contributed by atoms with Gasteiger partial charge >= 0.3 is 0 Å². The van der Waals surface area contributed by atoms with Crippen LogP contribution in [0.2, 0.25) is 0 Å². The molecule has 4 heteroatoms. The number of primary amides is 1. The standard InChI is InChI=1S/C16H25BrN2O/c1-3-4-5-6-9-12-16(2,15(18)20)19-14-11-8-7-10-13(14)17/h7-8,10-11,19H,3-6,9,12H2,1-2H3,(H2,18,20). The Balaban J connectivity index is 2.63. The van der Waals surface area contributed by atoms with E-state index in [1.54, 1.807) is 0 Å². The number of amides is 1. The third-order valence-corrected chi connectivity index (χ3v) is 4.30. The number of halogens is 1. The average molecular weight is 341 g/mol. The van der Waals surface area contributed by atoms with Crippen molar-refractivity contribution < 1.29 is 4.79 Å². The van der Waals surface area contributed by atoms with E-state index in [-0.39, 0.29) is 5.91 Å². The van der Waals surface area contributed by atoms with Crippen molar-refractivity contribution in [3.63, 3.8) is 0 Å². The maximum Gasteiger partial charge on any atom is 0.242 e. The van der Waals surface area contributed by atoms with Gasteiger partial charge in [-0.3, -0.25) is 4.79 Å². The van der Waals surface area contributed by atoms with Crippen molar-refractivity contribution in [3.05, 3.63) is 28.7 Å². The molecule has 0 spiro atoms. The van der Waals surface area contributed by atoms with Gasteiger partial charge in [0.2, 0.25) is 5.91 Å². The molecule has 1 unspecified atom stereocenters. The van der Waals surface area contributed by atoms with Gasteiger partial charge in [-0.15, -0.1) is 0 Å². The lowest BCUT2D eigenvalue weighted by molar-refractivity contribution is -0.122. The molecule has 1 atom stereocenters. The summed E-state index contributed by atoms with van der Waals surface area (Å²) in [6.07, 6.45) is 6.62. The highest BCUT2D eigenvalue weighted by atomic mass is 79.9. The summed E-state index contributed by atoms with van der Waals surface area (Å²) >= 11 is 3.49. The SMILES string of the molecule is CCCCCCCC(C)(Nc1ccccc1Br)C(N)=O. The molecule has 0 aromatic heterocycles. The van der Waals surface area contributed by atoms with E-state index in [2.05, 4.69) is 28.2 Å². The van der Waals surface area contributed by atoms with E-state index >= 15 is 0 Å². The first-order valence-corrected chi connectivity index (χ1v) is 8.11. The van der Waals surface area contributed by atoms with Crippen molar-refractivity contribution in [1.82, 2.24) is 0 Å². The molecular weight excluding hydrogens is 316 g/mol. The summed E-state index contributed by atoms with van der Waals surface area (Å²) < 4.78 is 0.943. The second-order valence-corrected chi connectivity index (χ2v) is 6.32. The molecule has 1 aromatic carbocycles. The lowest BCUT2D eigenvalue weighted by Crippen LogP contribution is -2.47. The summed E-state index contributed by atoms with van der Waals surface area (Å²) in [6.45, 7) is 4.08. The topological polar surface area (TPSA) is 55.1 Å². The molecule has 112 valence electrons. The maximum atomic E-state index is 11.8. The van der Waals surface area contributed by atoms with Gasteiger partial charge in [-0.25, -0.2) is 0 Å². The summed E-state index contributed by atoms with van der Waals surface area (Å²) in [4.78, 5) is 11.8. The van der Waals surface area contributed by atoms with Gasteiger partial charge in [0, 0.05) is 10.2 Å². The summed E-state index contributed by atoms with van der Waals surface area (Å²) in [5.74, 6) is -0.302. The average Bonchev–Trinajstić information content (AvgIpc) is 2.41. The third-order valence-electron chi connectivity index (χ3n) is 3.61. The minimum absolute atomic E-state index is 0.302. The highest BCUT2D eigenvalue weighted by Crippen LogP contribution is 2.27. The summed E-state index contributed by atoms with van der Waals surface area (Å²) in [7, 11) is 0. The van der Waals surface area contributed by atoms with Gasteiger partial charge in [-0.2, -0.15) is 0 Å². The van der Waals surface area contributed by atoms with Crippen molar-refractivity contribution in [2.45, 2.75) is 57.9 Å². The molecule has 1 rings (SSSR count). The quantitative estimate of drug-likeness (QED) is 0.651. The highest BCUT2D eigenvalue weighted by molar-refractivity contribution is 9.10. The maximum absolute atomic E-state index is 11.8. The van der Waals surface area contributed by atoms with Crippen LogP contribution in [0.15, 0.2) is 28.7 Å². The summed E-state index contributed by atoms with van der Waals surface area (Å²) in [5.41, 5.74) is 5.80. The van der Waals surface area contributed by atoms with Gasteiger partial charge in [0.1, 0.15) is 5.54 Å². The number of nitrogens with two attached hydrogens (primary N) is 1. The fourth-order valence-corrected chi connectivity index (χ4v) is 2.57. The Bertz CT molecular complexity index is 436. The van der Waals surface area contributed by atoms with Crippen LogP contribution in [0.3, 0.4) is 0 Å². The molecule has 0 aliphatic carbocycles. The second-order valence-electron chi connectivity index (χ2n) is 5.47. The van der Waals surface area contributed by atoms with Crippen LogP contribution in [0.4, 0.5) is 5.69 Å². The molecule has 3 N–H and O–H groups in total. The lowest BCUT2D eigenvalue weighted by Gasteiger charge is -2.29. The monoisotopic (exact) mass is 340 g/mol. The van der Waals surface area contributed by atoms with Gasteiger partial charge in [0.15, 0.2) is 0 Å². The molecule has 0 fully saturated rings. The molecule has 20 heavy (non-hydrogen) atoms. The van der Waals surface area contributed by atoms with E-state index in [0.29, 0.717) is 0 Å². The van der Waals surface area contributed by atoms with Crippen molar-refractivity contribution >= 4 is 27.5 Å². The van der Waals surface area contributed by atoms with E-state index in [1.807, 2.05) is 31.2 Å². The Morgan fingerprint density at radius 1 is 1.25 bits per heavy atom. The fourth-order valence-electron chi connectivity index (χ4n) is 2.19. The smallest absolute Gasteiger partial charge is 0.242 e. The minimum atomic E-state index is -0.698. The number of rotatable bonds is 9. The van der Waals surface area contributed by atoms with Crippen molar-refractivity contribution in [3.8, 4) is 0 Å². The van der Waals surface area contributed by atoms with E-state index in [1.165, 1.54) is 19.3 Å². The fraction of sp³-hybridized carbons (Fsp3) is 0.562. The Kier molecular flexibility index (Phi) is 7.06. The Labute approximate surface area is 130 Å². The molecule has 0 radical (unpaired) electrons. The number of unbranched alkanes of at least 4 members (excludes halogenated alkanes) is 4. The minimum Gasteiger partial charge on any atom is -0.371 e. The number of hydrogen-bond acceptors (Lipinski definition) is 2. The number of para-hydroxylation sites is 1. The zero-order chi connectivity index (χ0) is 15.0. The number of hydrogen-bond donors (Lipinski definition) is 2. The van der Waals surface area contributed by atoms with E-state index < -0.39 is 5.54 Å². The first-order chi connectivity index (χ1) is 9.49. The van der Waals surface area contributed by atoms with Crippen LogP contribution in [0.5, 0.6) is 0 Å². The van der Waals surface area contributed by atoms with Gasteiger partial charge in [-0.1, -0.05) is 51.2 Å². The van der Waals surface area contributed by atoms with Crippen LogP contribution in [0.25, 0.3) is 0 Å². The third kappa shape index (κ3) is 5.16. The predicted molar refractivity (Wildman–Crippen MR) is 88.7 cm³/mol. The Morgan fingerprint density at radius 3 is 2.50 bits per heavy atom. The molecule has 0 aliphatic heterocycles. The van der Waals surface area contributed by atoms with Crippen LogP contribution < -0.4 is 11.1 Å². The highest BCUT2D eigenvalue weighted by Gasteiger charge is 2.30. The molecule has 0 bridgehead atoms. The van der Waals surface area contributed by atoms with Gasteiger partial charge in [0.25, 0.3) is 0 Å². The normalized spacial score (nSPS) is 13.8. The summed E-state index contributed by atoms with van der Waals surface area (Å²) in [5, 5.41) is 3.29. The number of carbonyl (C=O) groups excluding carboxylic acids is 1. The van der Waals surface area contributed by atoms with Crippen LogP contribution in [-0.2, 0) is 4.79 Å². The largest absolute Gasteiger partial charge is 0.371 e. The molecule has 3 nitrogen and oxygen atoms in total. The first kappa shape index (κ1) is 17.0. The van der Waals surface area contributed by atoms with E-state index in [4.69, 9.17) is 5.73 Å². The molecule has 1 amide bonds. The Morgan fingerprint density at radius 2 is 1.90 bits per heavy atom. The molecule has 0 heterocycles. The molecule has 1 aromatic rings. The van der Waals surface area contributed by atoms with E-state index in [9.17, 15) is 4.79 Å². The van der Waals surface area contributed by atoms with Crippen molar-refractivity contribution in [1.29, 1.82) is 0 Å². The number of carbonyl (C=O) groups is 1. The van der Waals surface area contributed by atoms with Crippen molar-refractivity contribution in [2.75, 3.05) is 5.32 Å². The van der Waals surface area contributed by atoms with Crippen LogP contribution >= 0.6 is 15.9 Å². The number of anilines is 1. The van der Waals surface area contributed by atoms with Crippen LogP contribution in [-0.4, -0.2) is 11.4 Å². The molecule has 0 aliphatic rings. The number of benzene rings is 1. The van der Waals surface area contributed by atoms with Crippen LogP contribution in [0.1, 0.15) is 52.4 Å². The summed E-state index contributed by atoms with van der Waals surface area (Å²) in [6, 6.07) is 7.78. The van der Waals surface area contributed by atoms with Gasteiger partial charge < -0.3 is 11.1 Å². The predicted octanol–water partition coefficient (Wildman–Crippen LogP) is 4.47. The van der Waals surface area contributed by atoms with Crippen molar-refractivity contribution in [2.24, 2.45) is 5.73 Å². The molecule has 0 saturated heterocycles. The lowest BCUT2D eigenvalue weighted by atomic mass is 9.92. The second kappa shape index (κ2) is 8.30. The first-order valence-electron chi connectivity index (χ1n) is 7.32. The zero-order valence-corrected chi connectivity index (χ0v) is 14.0. The van der Waals surface area contributed by atoms with E-state index in [0.717, 1.165) is 29.4 Å². The van der Waals surface area contributed by atoms with Gasteiger partial charge in [-0.05, 0) is 41.4 Å². The number of nitrogens with one attached hydrogen (secondary N) is 1.